The molecule has 0 bridgehead atoms. The quantitative estimate of drug-likeness (QED) is 0.881. The van der Waals surface area contributed by atoms with E-state index in [1.165, 1.54) is 6.07 Å². The van der Waals surface area contributed by atoms with Gasteiger partial charge in [0.2, 0.25) is 0 Å². The first-order chi connectivity index (χ1) is 8.12. The molecule has 1 aliphatic heterocycles. The van der Waals surface area contributed by atoms with Gasteiger partial charge in [0.05, 0.1) is 13.2 Å². The molecule has 0 aromatic heterocycles. The molecule has 4 heteroatoms. The fourth-order valence-corrected chi connectivity index (χ4v) is 3.10. The maximum absolute atomic E-state index is 14.0. The van der Waals surface area contributed by atoms with Crippen LogP contribution in [0.15, 0.2) is 18.2 Å². The first-order valence-electron chi connectivity index (χ1n) is 5.91. The second-order valence-corrected chi connectivity index (χ2v) is 5.64. The van der Waals surface area contributed by atoms with Gasteiger partial charge >= 0.3 is 0 Å². The zero-order valence-electron chi connectivity index (χ0n) is 9.46. The van der Waals surface area contributed by atoms with Gasteiger partial charge in [0.25, 0.3) is 0 Å². The molecule has 0 amide bonds. The predicted molar refractivity (Wildman–Crippen MR) is 64.6 cm³/mol. The van der Waals surface area contributed by atoms with E-state index in [4.69, 9.17) is 22.1 Å². The van der Waals surface area contributed by atoms with Crippen LogP contribution >= 0.6 is 11.6 Å². The van der Waals surface area contributed by atoms with Crippen molar-refractivity contribution in [3.05, 3.63) is 34.6 Å². The van der Waals surface area contributed by atoms with E-state index in [1.54, 1.807) is 12.1 Å². The summed E-state index contributed by atoms with van der Waals surface area (Å²) in [5.41, 5.74) is 6.34. The van der Waals surface area contributed by atoms with Crippen molar-refractivity contribution in [2.45, 2.75) is 24.3 Å². The third-order valence-electron chi connectivity index (χ3n) is 4.14. The zero-order valence-corrected chi connectivity index (χ0v) is 10.2. The Balaban J connectivity index is 1.97. The maximum atomic E-state index is 14.0. The average molecular weight is 256 g/mol. The Bertz CT molecular complexity index is 441. The minimum atomic E-state index is -0.190. The number of ether oxygens (including phenoxy) is 1. The Morgan fingerprint density at radius 1 is 1.35 bits per heavy atom. The molecule has 2 nitrogen and oxygen atoms in total. The summed E-state index contributed by atoms with van der Waals surface area (Å²) in [7, 11) is 0. The van der Waals surface area contributed by atoms with Crippen molar-refractivity contribution in [2.24, 2.45) is 11.7 Å². The molecule has 0 spiro atoms. The molecule has 1 saturated heterocycles. The molecule has 1 saturated carbocycles. The summed E-state index contributed by atoms with van der Waals surface area (Å²) >= 11 is 5.97. The number of benzene rings is 1. The van der Waals surface area contributed by atoms with Crippen LogP contribution in [0.4, 0.5) is 4.39 Å². The normalized spacial score (nSPS) is 30.5. The fourth-order valence-electron chi connectivity index (χ4n) is 2.93. The van der Waals surface area contributed by atoms with Gasteiger partial charge in [-0.15, -0.1) is 0 Å². The SMILES string of the molecule is NC1CC(C2(c3cc(Cl)ccc3F)COC2)C1. The smallest absolute Gasteiger partial charge is 0.127 e. The van der Waals surface area contributed by atoms with E-state index in [2.05, 4.69) is 0 Å². The average Bonchev–Trinajstić information content (AvgIpc) is 2.19. The van der Waals surface area contributed by atoms with Crippen molar-refractivity contribution in [3.63, 3.8) is 0 Å². The van der Waals surface area contributed by atoms with Gasteiger partial charge in [0.1, 0.15) is 5.82 Å². The van der Waals surface area contributed by atoms with Crippen molar-refractivity contribution in [2.75, 3.05) is 13.2 Å². The van der Waals surface area contributed by atoms with Crippen molar-refractivity contribution < 1.29 is 9.13 Å². The molecule has 0 radical (unpaired) electrons. The third-order valence-corrected chi connectivity index (χ3v) is 4.38. The molecular weight excluding hydrogens is 241 g/mol. The van der Waals surface area contributed by atoms with Crippen LogP contribution in [-0.4, -0.2) is 19.3 Å². The lowest BCUT2D eigenvalue weighted by Crippen LogP contribution is -2.58. The van der Waals surface area contributed by atoms with Crippen LogP contribution in [0.5, 0.6) is 0 Å². The molecule has 17 heavy (non-hydrogen) atoms. The molecule has 2 N–H and O–H groups in total. The number of nitrogens with two attached hydrogens (primary N) is 1. The van der Waals surface area contributed by atoms with E-state index in [0.717, 1.165) is 12.8 Å². The maximum Gasteiger partial charge on any atom is 0.127 e. The van der Waals surface area contributed by atoms with Crippen LogP contribution in [0.25, 0.3) is 0 Å². The highest BCUT2D eigenvalue weighted by molar-refractivity contribution is 6.30. The highest BCUT2D eigenvalue weighted by Crippen LogP contribution is 2.49. The minimum Gasteiger partial charge on any atom is -0.379 e. The lowest BCUT2D eigenvalue weighted by molar-refractivity contribution is -0.112. The Hall–Kier alpha value is -0.640. The molecule has 3 rings (SSSR count). The van der Waals surface area contributed by atoms with Crippen molar-refractivity contribution >= 4 is 11.6 Å². The van der Waals surface area contributed by atoms with Gasteiger partial charge < -0.3 is 10.5 Å². The summed E-state index contributed by atoms with van der Waals surface area (Å²) in [5, 5.41) is 0.580. The molecule has 1 aliphatic carbocycles. The van der Waals surface area contributed by atoms with Crippen molar-refractivity contribution in [1.29, 1.82) is 0 Å². The summed E-state index contributed by atoms with van der Waals surface area (Å²) in [5.74, 6) is 0.248. The molecule has 0 unspecified atom stereocenters. The lowest BCUT2D eigenvalue weighted by atomic mass is 9.59. The summed E-state index contributed by atoms with van der Waals surface area (Å²) in [6.45, 7) is 1.17. The molecule has 2 aliphatic rings. The Kier molecular flexibility index (Phi) is 2.65. The molecule has 1 heterocycles. The second-order valence-electron chi connectivity index (χ2n) is 5.20. The topological polar surface area (TPSA) is 35.2 Å². The lowest BCUT2D eigenvalue weighted by Gasteiger charge is -2.53. The number of hydrogen-bond donors (Lipinski definition) is 1. The predicted octanol–water partition coefficient (Wildman–Crippen LogP) is 2.48. The summed E-state index contributed by atoms with van der Waals surface area (Å²) in [6, 6.07) is 5.03. The molecule has 1 aromatic rings. The summed E-state index contributed by atoms with van der Waals surface area (Å²) < 4.78 is 19.3. The van der Waals surface area contributed by atoms with E-state index in [9.17, 15) is 4.39 Å². The van der Waals surface area contributed by atoms with Gasteiger partial charge in [-0.05, 0) is 37.0 Å². The van der Waals surface area contributed by atoms with E-state index in [-0.39, 0.29) is 17.3 Å². The van der Waals surface area contributed by atoms with E-state index in [0.29, 0.717) is 29.7 Å². The van der Waals surface area contributed by atoms with Gasteiger partial charge in [-0.1, -0.05) is 11.6 Å². The number of halogens is 2. The van der Waals surface area contributed by atoms with Gasteiger partial charge in [-0.3, -0.25) is 0 Å². The molecule has 0 atom stereocenters. The molecule has 92 valence electrons. The zero-order chi connectivity index (χ0) is 12.0. The third kappa shape index (κ3) is 1.68. The molecule has 1 aromatic carbocycles. The van der Waals surface area contributed by atoms with Crippen LogP contribution in [0.2, 0.25) is 5.02 Å². The van der Waals surface area contributed by atoms with Crippen LogP contribution in [0.1, 0.15) is 18.4 Å². The minimum absolute atomic E-state index is 0.182. The Morgan fingerprint density at radius 3 is 2.59 bits per heavy atom. The van der Waals surface area contributed by atoms with E-state index >= 15 is 0 Å². The van der Waals surface area contributed by atoms with Crippen LogP contribution < -0.4 is 5.73 Å². The summed E-state index contributed by atoms with van der Waals surface area (Å²) in [4.78, 5) is 0. The first-order valence-corrected chi connectivity index (χ1v) is 6.28. The van der Waals surface area contributed by atoms with Crippen molar-refractivity contribution in [1.82, 2.24) is 0 Å². The van der Waals surface area contributed by atoms with Gasteiger partial charge in [0, 0.05) is 22.0 Å². The summed E-state index contributed by atoms with van der Waals surface area (Å²) in [6.07, 6.45) is 1.91. The van der Waals surface area contributed by atoms with Crippen LogP contribution in [-0.2, 0) is 10.2 Å². The largest absolute Gasteiger partial charge is 0.379 e. The van der Waals surface area contributed by atoms with E-state index in [1.807, 2.05) is 0 Å². The highest BCUT2D eigenvalue weighted by Gasteiger charge is 2.52. The van der Waals surface area contributed by atoms with Gasteiger partial charge in [-0.2, -0.15) is 0 Å². The first kappa shape index (κ1) is 11.5. The van der Waals surface area contributed by atoms with Crippen LogP contribution in [0.3, 0.4) is 0 Å². The van der Waals surface area contributed by atoms with E-state index < -0.39 is 0 Å². The number of hydrogen-bond acceptors (Lipinski definition) is 2. The molecular formula is C13H15ClFNO. The standard InChI is InChI=1S/C13H15ClFNO/c14-9-1-2-12(15)11(5-9)13(6-17-7-13)8-3-10(16)4-8/h1-2,5,8,10H,3-4,6-7,16H2. The molecule has 2 fully saturated rings. The Labute approximate surface area is 105 Å². The monoisotopic (exact) mass is 255 g/mol. The van der Waals surface area contributed by atoms with Crippen LogP contribution in [0, 0.1) is 11.7 Å². The Morgan fingerprint density at radius 2 is 2.06 bits per heavy atom. The van der Waals surface area contributed by atoms with Gasteiger partial charge in [0.15, 0.2) is 0 Å². The second kappa shape index (κ2) is 3.94. The fraction of sp³-hybridized carbons (Fsp3) is 0.538. The number of rotatable bonds is 2. The highest BCUT2D eigenvalue weighted by atomic mass is 35.5. The van der Waals surface area contributed by atoms with Crippen molar-refractivity contribution in [3.8, 4) is 0 Å². The van der Waals surface area contributed by atoms with Gasteiger partial charge in [-0.25, -0.2) is 4.39 Å².